The molecule has 0 aromatic heterocycles. The van der Waals surface area contributed by atoms with Crippen LogP contribution in [0, 0.1) is 5.82 Å². The van der Waals surface area contributed by atoms with Crippen molar-refractivity contribution in [3.8, 4) is 5.75 Å². The minimum absolute atomic E-state index is 0.0929. The molecule has 0 bridgehead atoms. The van der Waals surface area contributed by atoms with Crippen LogP contribution >= 0.6 is 0 Å². The second-order valence-corrected chi connectivity index (χ2v) is 3.23. The van der Waals surface area contributed by atoms with Crippen molar-refractivity contribution in [2.45, 2.75) is 12.8 Å². The molecule has 0 radical (unpaired) electrons. The van der Waals surface area contributed by atoms with Gasteiger partial charge in [0.15, 0.2) is 0 Å². The molecular formula is C11H13FO4. The second-order valence-electron chi connectivity index (χ2n) is 3.23. The highest BCUT2D eigenvalue weighted by Gasteiger charge is 2.10. The summed E-state index contributed by atoms with van der Waals surface area (Å²) in [6, 6.07) is 3.62. The first-order valence-corrected chi connectivity index (χ1v) is 4.91. The number of aliphatic hydroxyl groups excluding tert-OH is 1. The van der Waals surface area contributed by atoms with Crippen LogP contribution in [0.15, 0.2) is 18.2 Å². The summed E-state index contributed by atoms with van der Waals surface area (Å²) in [5.41, 5.74) is -0.372. The van der Waals surface area contributed by atoms with Gasteiger partial charge < -0.3 is 14.9 Å². The topological polar surface area (TPSA) is 66.8 Å². The van der Waals surface area contributed by atoms with Gasteiger partial charge in [0.05, 0.1) is 12.2 Å². The number of aliphatic hydroxyl groups is 1. The van der Waals surface area contributed by atoms with Crippen LogP contribution in [0.4, 0.5) is 4.39 Å². The average Bonchev–Trinajstić information content (AvgIpc) is 2.24. The fraction of sp³-hybridized carbons (Fsp3) is 0.364. The summed E-state index contributed by atoms with van der Waals surface area (Å²) in [6.45, 7) is 0.460. The minimum Gasteiger partial charge on any atom is -0.493 e. The summed E-state index contributed by atoms with van der Waals surface area (Å²) in [6.07, 6.45) is 1.29. The second kappa shape index (κ2) is 6.07. The molecule has 1 aromatic rings. The van der Waals surface area contributed by atoms with E-state index >= 15 is 0 Å². The molecule has 16 heavy (non-hydrogen) atoms. The molecule has 0 aliphatic rings. The number of carbonyl (C=O) groups is 1. The highest BCUT2D eigenvalue weighted by Crippen LogP contribution is 2.16. The van der Waals surface area contributed by atoms with Crippen molar-refractivity contribution in [1.82, 2.24) is 0 Å². The van der Waals surface area contributed by atoms with Gasteiger partial charge in [0.2, 0.25) is 0 Å². The zero-order valence-corrected chi connectivity index (χ0v) is 8.65. The summed E-state index contributed by atoms with van der Waals surface area (Å²) in [7, 11) is 0. The molecule has 0 fully saturated rings. The number of ether oxygens (including phenoxy) is 1. The maximum Gasteiger partial charge on any atom is 0.338 e. The maximum atomic E-state index is 13.2. The average molecular weight is 228 g/mol. The van der Waals surface area contributed by atoms with Crippen molar-refractivity contribution in [2.24, 2.45) is 0 Å². The fourth-order valence-corrected chi connectivity index (χ4v) is 1.16. The number of benzene rings is 1. The summed E-state index contributed by atoms with van der Waals surface area (Å²) >= 11 is 0. The third-order valence-electron chi connectivity index (χ3n) is 1.99. The Morgan fingerprint density at radius 1 is 1.38 bits per heavy atom. The van der Waals surface area contributed by atoms with E-state index in [2.05, 4.69) is 0 Å². The Morgan fingerprint density at radius 3 is 2.69 bits per heavy atom. The van der Waals surface area contributed by atoms with Gasteiger partial charge in [0.1, 0.15) is 11.6 Å². The number of rotatable bonds is 6. The van der Waals surface area contributed by atoms with Crippen molar-refractivity contribution in [1.29, 1.82) is 0 Å². The molecule has 0 aliphatic carbocycles. The Bertz CT molecular complexity index is 365. The Kier molecular flexibility index (Phi) is 4.72. The zero-order valence-electron chi connectivity index (χ0n) is 8.65. The van der Waals surface area contributed by atoms with E-state index in [4.69, 9.17) is 14.9 Å². The Balaban J connectivity index is 2.56. The number of halogens is 1. The van der Waals surface area contributed by atoms with E-state index in [9.17, 15) is 9.18 Å². The van der Waals surface area contributed by atoms with E-state index in [1.165, 1.54) is 12.1 Å². The monoisotopic (exact) mass is 228 g/mol. The van der Waals surface area contributed by atoms with Gasteiger partial charge in [-0.1, -0.05) is 0 Å². The molecule has 0 heterocycles. The third-order valence-corrected chi connectivity index (χ3v) is 1.99. The van der Waals surface area contributed by atoms with Crippen LogP contribution in [0.3, 0.4) is 0 Å². The van der Waals surface area contributed by atoms with Gasteiger partial charge >= 0.3 is 5.97 Å². The SMILES string of the molecule is O=C(O)c1ccc(OCCCCO)cc1F. The molecule has 2 N–H and O–H groups in total. The van der Waals surface area contributed by atoms with Gasteiger partial charge in [-0.2, -0.15) is 0 Å². The van der Waals surface area contributed by atoms with Crippen LogP contribution < -0.4 is 4.74 Å². The van der Waals surface area contributed by atoms with Gasteiger partial charge in [-0.15, -0.1) is 0 Å². The number of aromatic carboxylic acids is 1. The molecule has 0 unspecified atom stereocenters. The molecule has 1 aromatic carbocycles. The number of hydrogen-bond donors (Lipinski definition) is 2. The number of unbranched alkanes of at least 4 members (excludes halogenated alkanes) is 1. The van der Waals surface area contributed by atoms with E-state index in [-0.39, 0.29) is 12.2 Å². The van der Waals surface area contributed by atoms with E-state index in [1.54, 1.807) is 0 Å². The van der Waals surface area contributed by atoms with Gasteiger partial charge in [-0.3, -0.25) is 0 Å². The lowest BCUT2D eigenvalue weighted by atomic mass is 10.2. The lowest BCUT2D eigenvalue weighted by Crippen LogP contribution is -2.02. The quantitative estimate of drug-likeness (QED) is 0.727. The molecule has 4 nitrogen and oxygen atoms in total. The normalized spacial score (nSPS) is 10.1. The van der Waals surface area contributed by atoms with Crippen LogP contribution in [0.25, 0.3) is 0 Å². The predicted molar refractivity (Wildman–Crippen MR) is 55.2 cm³/mol. The minimum atomic E-state index is -1.30. The summed E-state index contributed by atoms with van der Waals surface area (Å²) in [5, 5.41) is 17.1. The van der Waals surface area contributed by atoms with Crippen molar-refractivity contribution >= 4 is 5.97 Å². The Hall–Kier alpha value is -1.62. The van der Waals surface area contributed by atoms with Gasteiger partial charge in [0.25, 0.3) is 0 Å². The molecule has 0 atom stereocenters. The van der Waals surface area contributed by atoms with Crippen LogP contribution in [0.5, 0.6) is 5.75 Å². The number of carboxylic acids is 1. The molecule has 0 saturated heterocycles. The lowest BCUT2D eigenvalue weighted by molar-refractivity contribution is 0.0692. The molecule has 0 aliphatic heterocycles. The Labute approximate surface area is 92.3 Å². The highest BCUT2D eigenvalue weighted by molar-refractivity contribution is 5.88. The van der Waals surface area contributed by atoms with Gasteiger partial charge in [-0.25, -0.2) is 9.18 Å². The van der Waals surface area contributed by atoms with Gasteiger partial charge in [-0.05, 0) is 25.0 Å². The van der Waals surface area contributed by atoms with Crippen LogP contribution in [0.2, 0.25) is 0 Å². The number of hydrogen-bond acceptors (Lipinski definition) is 3. The molecular weight excluding hydrogens is 215 g/mol. The van der Waals surface area contributed by atoms with Crippen molar-refractivity contribution in [3.63, 3.8) is 0 Å². The Morgan fingerprint density at radius 2 is 2.12 bits per heavy atom. The first kappa shape index (κ1) is 12.4. The van der Waals surface area contributed by atoms with Crippen LogP contribution in [0.1, 0.15) is 23.2 Å². The summed E-state index contributed by atoms with van der Waals surface area (Å²) in [5.74, 6) is -1.82. The lowest BCUT2D eigenvalue weighted by Gasteiger charge is -2.06. The number of carboxylic acid groups (broad SMARTS) is 1. The maximum absolute atomic E-state index is 13.2. The summed E-state index contributed by atoms with van der Waals surface area (Å²) < 4.78 is 18.4. The van der Waals surface area contributed by atoms with Crippen LogP contribution in [-0.2, 0) is 0 Å². The van der Waals surface area contributed by atoms with E-state index < -0.39 is 11.8 Å². The molecule has 0 amide bonds. The largest absolute Gasteiger partial charge is 0.493 e. The third kappa shape index (κ3) is 3.51. The van der Waals surface area contributed by atoms with Gasteiger partial charge in [0, 0.05) is 12.7 Å². The molecule has 5 heteroatoms. The predicted octanol–water partition coefficient (Wildman–Crippen LogP) is 1.68. The van der Waals surface area contributed by atoms with Crippen molar-refractivity contribution < 1.29 is 24.1 Å². The zero-order chi connectivity index (χ0) is 12.0. The highest BCUT2D eigenvalue weighted by atomic mass is 19.1. The fourth-order valence-electron chi connectivity index (χ4n) is 1.16. The van der Waals surface area contributed by atoms with E-state index in [0.29, 0.717) is 25.2 Å². The molecule has 0 spiro atoms. The van der Waals surface area contributed by atoms with E-state index in [1.807, 2.05) is 0 Å². The van der Waals surface area contributed by atoms with Crippen molar-refractivity contribution in [2.75, 3.05) is 13.2 Å². The molecule has 0 saturated carbocycles. The smallest absolute Gasteiger partial charge is 0.338 e. The summed E-state index contributed by atoms with van der Waals surface area (Å²) in [4.78, 5) is 10.5. The molecule has 1 rings (SSSR count). The first-order valence-electron chi connectivity index (χ1n) is 4.91. The standard InChI is InChI=1S/C11H13FO4/c12-10-7-8(16-6-2-1-5-13)3-4-9(10)11(14)15/h3-4,7,13H,1-2,5-6H2,(H,14,15). The van der Waals surface area contributed by atoms with Crippen LogP contribution in [-0.4, -0.2) is 29.4 Å². The first-order chi connectivity index (χ1) is 7.65. The van der Waals surface area contributed by atoms with Crippen molar-refractivity contribution in [3.05, 3.63) is 29.6 Å². The van der Waals surface area contributed by atoms with E-state index in [0.717, 1.165) is 6.07 Å². The molecule has 88 valence electrons.